The lowest BCUT2D eigenvalue weighted by atomic mass is 10.1. The Balaban J connectivity index is 1.77. The van der Waals surface area contributed by atoms with E-state index < -0.39 is 0 Å². The third-order valence-electron chi connectivity index (χ3n) is 3.34. The fourth-order valence-corrected chi connectivity index (χ4v) is 2.28. The molecule has 3 nitrogen and oxygen atoms in total. The van der Waals surface area contributed by atoms with Crippen LogP contribution in [0.15, 0.2) is 24.3 Å². The van der Waals surface area contributed by atoms with Gasteiger partial charge in [-0.2, -0.15) is 0 Å². The van der Waals surface area contributed by atoms with E-state index in [4.69, 9.17) is 10.5 Å². The maximum atomic E-state index is 12.8. The highest BCUT2D eigenvalue weighted by molar-refractivity contribution is 5.16. The first-order valence-corrected chi connectivity index (χ1v) is 6.56. The quantitative estimate of drug-likeness (QED) is 0.861. The molecule has 0 aliphatic carbocycles. The summed E-state index contributed by atoms with van der Waals surface area (Å²) in [5.41, 5.74) is 6.73. The SMILES string of the molecule is NCCC1CN(CCc2ccc(F)cc2)CCO1. The van der Waals surface area contributed by atoms with E-state index in [0.29, 0.717) is 6.54 Å². The van der Waals surface area contributed by atoms with E-state index in [-0.39, 0.29) is 11.9 Å². The lowest BCUT2D eigenvalue weighted by Gasteiger charge is -2.32. The largest absolute Gasteiger partial charge is 0.376 e. The average molecular weight is 252 g/mol. The van der Waals surface area contributed by atoms with Crippen LogP contribution in [0.2, 0.25) is 0 Å². The number of nitrogens with two attached hydrogens (primary N) is 1. The first-order valence-electron chi connectivity index (χ1n) is 6.56. The second-order valence-corrected chi connectivity index (χ2v) is 4.75. The Kier molecular flexibility index (Phi) is 5.11. The molecule has 1 unspecified atom stereocenters. The molecule has 0 spiro atoms. The zero-order valence-electron chi connectivity index (χ0n) is 10.6. The molecule has 0 radical (unpaired) electrons. The van der Waals surface area contributed by atoms with Gasteiger partial charge in [-0.15, -0.1) is 0 Å². The van der Waals surface area contributed by atoms with Crippen molar-refractivity contribution in [2.75, 3.05) is 32.8 Å². The molecule has 1 aliphatic rings. The molecular weight excluding hydrogens is 231 g/mol. The molecular formula is C14H21FN2O. The van der Waals surface area contributed by atoms with Crippen LogP contribution < -0.4 is 5.73 Å². The Labute approximate surface area is 108 Å². The van der Waals surface area contributed by atoms with Crippen LogP contribution in [0.3, 0.4) is 0 Å². The summed E-state index contributed by atoms with van der Waals surface area (Å²) in [6, 6.07) is 6.75. The van der Waals surface area contributed by atoms with Crippen molar-refractivity contribution in [3.8, 4) is 0 Å². The summed E-state index contributed by atoms with van der Waals surface area (Å²) < 4.78 is 18.4. The van der Waals surface area contributed by atoms with Gasteiger partial charge in [0, 0.05) is 19.6 Å². The molecule has 0 amide bonds. The summed E-state index contributed by atoms with van der Waals surface area (Å²) in [5, 5.41) is 0. The number of hydrogen-bond acceptors (Lipinski definition) is 3. The monoisotopic (exact) mass is 252 g/mol. The van der Waals surface area contributed by atoms with Gasteiger partial charge in [0.15, 0.2) is 0 Å². The van der Waals surface area contributed by atoms with Gasteiger partial charge in [0.25, 0.3) is 0 Å². The molecule has 4 heteroatoms. The Bertz CT molecular complexity index is 353. The van der Waals surface area contributed by atoms with Crippen LogP contribution in [0.4, 0.5) is 4.39 Å². The van der Waals surface area contributed by atoms with Gasteiger partial charge in [-0.05, 0) is 37.1 Å². The molecule has 1 saturated heterocycles. The van der Waals surface area contributed by atoms with Crippen molar-refractivity contribution < 1.29 is 9.13 Å². The maximum Gasteiger partial charge on any atom is 0.123 e. The highest BCUT2D eigenvalue weighted by Crippen LogP contribution is 2.10. The van der Waals surface area contributed by atoms with Gasteiger partial charge in [0.2, 0.25) is 0 Å². The van der Waals surface area contributed by atoms with Crippen LogP contribution in [-0.4, -0.2) is 43.8 Å². The van der Waals surface area contributed by atoms with Gasteiger partial charge in [0.05, 0.1) is 12.7 Å². The van der Waals surface area contributed by atoms with Crippen molar-refractivity contribution in [2.24, 2.45) is 5.73 Å². The molecule has 1 heterocycles. The molecule has 1 aromatic carbocycles. The zero-order valence-corrected chi connectivity index (χ0v) is 10.6. The lowest BCUT2D eigenvalue weighted by molar-refractivity contribution is -0.0302. The molecule has 1 fully saturated rings. The van der Waals surface area contributed by atoms with Crippen molar-refractivity contribution >= 4 is 0 Å². The second kappa shape index (κ2) is 6.83. The fraction of sp³-hybridized carbons (Fsp3) is 0.571. The molecule has 2 rings (SSSR count). The first-order chi connectivity index (χ1) is 8.78. The van der Waals surface area contributed by atoms with Gasteiger partial charge >= 0.3 is 0 Å². The Morgan fingerprint density at radius 3 is 2.83 bits per heavy atom. The van der Waals surface area contributed by atoms with Crippen LogP contribution in [0.1, 0.15) is 12.0 Å². The van der Waals surface area contributed by atoms with Gasteiger partial charge in [-0.1, -0.05) is 12.1 Å². The highest BCUT2D eigenvalue weighted by Gasteiger charge is 2.19. The van der Waals surface area contributed by atoms with Gasteiger partial charge in [-0.3, -0.25) is 4.90 Å². The predicted octanol–water partition coefficient (Wildman–Crippen LogP) is 1.42. The molecule has 0 saturated carbocycles. The molecule has 100 valence electrons. The zero-order chi connectivity index (χ0) is 12.8. The van der Waals surface area contributed by atoms with Crippen molar-refractivity contribution in [3.05, 3.63) is 35.6 Å². The van der Waals surface area contributed by atoms with E-state index >= 15 is 0 Å². The van der Waals surface area contributed by atoms with Crippen LogP contribution in [0, 0.1) is 5.82 Å². The molecule has 0 aromatic heterocycles. The minimum absolute atomic E-state index is 0.173. The van der Waals surface area contributed by atoms with E-state index in [2.05, 4.69) is 4.90 Å². The Hall–Kier alpha value is -0.970. The maximum absolute atomic E-state index is 12.8. The lowest BCUT2D eigenvalue weighted by Crippen LogP contribution is -2.43. The molecule has 0 bridgehead atoms. The van der Waals surface area contributed by atoms with Gasteiger partial charge < -0.3 is 10.5 Å². The summed E-state index contributed by atoms with van der Waals surface area (Å²) in [4.78, 5) is 2.40. The van der Waals surface area contributed by atoms with E-state index in [1.54, 1.807) is 0 Å². The fourth-order valence-electron chi connectivity index (χ4n) is 2.28. The summed E-state index contributed by atoms with van der Waals surface area (Å²) in [6.45, 7) is 4.39. The van der Waals surface area contributed by atoms with E-state index in [0.717, 1.165) is 39.1 Å². The predicted molar refractivity (Wildman–Crippen MR) is 70.0 cm³/mol. The standard InChI is InChI=1S/C14H21FN2O/c15-13-3-1-12(2-4-13)6-8-17-9-10-18-14(11-17)5-7-16/h1-4,14H,5-11,16H2. The molecule has 1 atom stereocenters. The molecule has 2 N–H and O–H groups in total. The number of nitrogens with zero attached hydrogens (tertiary/aromatic N) is 1. The number of benzene rings is 1. The van der Waals surface area contributed by atoms with Crippen LogP contribution in [0.5, 0.6) is 0 Å². The topological polar surface area (TPSA) is 38.5 Å². The van der Waals surface area contributed by atoms with Crippen molar-refractivity contribution in [2.45, 2.75) is 18.9 Å². The summed E-state index contributed by atoms with van der Waals surface area (Å²) in [6.07, 6.45) is 2.15. The minimum atomic E-state index is -0.173. The number of hydrogen-bond donors (Lipinski definition) is 1. The van der Waals surface area contributed by atoms with Crippen LogP contribution in [-0.2, 0) is 11.2 Å². The van der Waals surface area contributed by atoms with E-state index in [1.807, 2.05) is 12.1 Å². The summed E-state index contributed by atoms with van der Waals surface area (Å²) in [5.74, 6) is -0.173. The number of ether oxygens (including phenoxy) is 1. The number of morpholine rings is 1. The smallest absolute Gasteiger partial charge is 0.123 e. The third-order valence-corrected chi connectivity index (χ3v) is 3.34. The molecule has 1 aromatic rings. The third kappa shape index (κ3) is 4.05. The second-order valence-electron chi connectivity index (χ2n) is 4.75. The van der Waals surface area contributed by atoms with Crippen molar-refractivity contribution in [1.29, 1.82) is 0 Å². The van der Waals surface area contributed by atoms with E-state index in [9.17, 15) is 4.39 Å². The highest BCUT2D eigenvalue weighted by atomic mass is 19.1. The van der Waals surface area contributed by atoms with Gasteiger partial charge in [0.1, 0.15) is 5.82 Å². The first kappa shape index (κ1) is 13.5. The number of halogens is 1. The molecule has 18 heavy (non-hydrogen) atoms. The van der Waals surface area contributed by atoms with Crippen molar-refractivity contribution in [3.63, 3.8) is 0 Å². The van der Waals surface area contributed by atoms with Crippen molar-refractivity contribution in [1.82, 2.24) is 4.90 Å². The Morgan fingerprint density at radius 1 is 1.33 bits per heavy atom. The van der Waals surface area contributed by atoms with Crippen LogP contribution in [0.25, 0.3) is 0 Å². The van der Waals surface area contributed by atoms with Crippen LogP contribution >= 0.6 is 0 Å². The minimum Gasteiger partial charge on any atom is -0.376 e. The number of rotatable bonds is 5. The normalized spacial score (nSPS) is 21.1. The van der Waals surface area contributed by atoms with E-state index in [1.165, 1.54) is 17.7 Å². The molecule has 1 aliphatic heterocycles. The summed E-state index contributed by atoms with van der Waals surface area (Å²) in [7, 11) is 0. The summed E-state index contributed by atoms with van der Waals surface area (Å²) >= 11 is 0. The average Bonchev–Trinajstić information content (AvgIpc) is 2.39. The van der Waals surface area contributed by atoms with Gasteiger partial charge in [-0.25, -0.2) is 4.39 Å². The Morgan fingerprint density at radius 2 is 2.11 bits per heavy atom.